The van der Waals surface area contributed by atoms with Crippen molar-refractivity contribution in [1.29, 1.82) is 0 Å². The average Bonchev–Trinajstić information content (AvgIpc) is 2.48. The van der Waals surface area contributed by atoms with E-state index >= 15 is 0 Å². The molecule has 0 nitrogen and oxygen atoms in total. The quantitative estimate of drug-likeness (QED) is 0.273. The molecule has 0 fully saturated rings. The first-order valence-corrected chi connectivity index (χ1v) is 25.9. The average molecular weight is 724 g/mol. The summed E-state index contributed by atoms with van der Waals surface area (Å²) < 4.78 is 0. The standard InChI is InChI=1S/C7H8.3C2H5.3Al.9ClH.Nd/c1-7-5-3-2-4-6-7;3*1-2;;;;;;;;;;;;;/h2-6H,1H3;3*1H2,2H3;;;;9*1H;/q;;;;3*+2;;;;;;;;;;+3/p-9. The van der Waals surface area contributed by atoms with Crippen molar-refractivity contribution in [3.8, 4) is 0 Å². The van der Waals surface area contributed by atoms with E-state index in [-0.39, 0.29) is 40.8 Å². The van der Waals surface area contributed by atoms with Gasteiger partial charge >= 0.3 is 71.8 Å². The van der Waals surface area contributed by atoms with Gasteiger partial charge in [-0.3, -0.25) is 0 Å². The Bertz CT molecular complexity index is 373. The van der Waals surface area contributed by atoms with Gasteiger partial charge in [0.05, 0.1) is 0 Å². The summed E-state index contributed by atoms with van der Waals surface area (Å²) in [5.41, 5.74) is 1.32. The van der Waals surface area contributed by atoms with E-state index in [4.69, 9.17) is 90.4 Å². The molecular formula is C13H23Al3Cl9Nd. The summed E-state index contributed by atoms with van der Waals surface area (Å²) >= 11 is 0. The van der Waals surface area contributed by atoms with Crippen LogP contribution in [-0.4, -0.2) is 30.9 Å². The minimum Gasteiger partial charge on any atom is -0.407 e. The summed E-state index contributed by atoms with van der Waals surface area (Å²) in [6.07, 6.45) is 0. The third kappa shape index (κ3) is 46.8. The van der Waals surface area contributed by atoms with Crippen LogP contribution in [0.4, 0.5) is 0 Å². The molecule has 151 valence electrons. The number of benzene rings is 1. The first kappa shape index (κ1) is 38.1. The molecule has 1 aromatic carbocycles. The summed E-state index contributed by atoms with van der Waals surface area (Å²) in [7, 11) is 41.4. The van der Waals surface area contributed by atoms with E-state index in [1.165, 1.54) is 5.56 Å². The van der Waals surface area contributed by atoms with Crippen molar-refractivity contribution >= 4 is 121 Å². The van der Waals surface area contributed by atoms with Gasteiger partial charge in [0.15, 0.2) is 0 Å². The Balaban J connectivity index is -0.000000123. The van der Waals surface area contributed by atoms with Crippen molar-refractivity contribution in [3.63, 3.8) is 0 Å². The van der Waals surface area contributed by atoms with Gasteiger partial charge < -0.3 is 90.4 Å². The maximum Gasteiger partial charge on any atom is 3.00 e. The summed E-state index contributed by atoms with van der Waals surface area (Å²) in [6.45, 7) is 7.74. The fraction of sp³-hybridized carbons (Fsp3) is 0.538. The molecule has 0 spiro atoms. The molecule has 0 aliphatic rings. The largest absolute Gasteiger partial charge is 3.00 e. The summed E-state index contributed by atoms with van der Waals surface area (Å²) in [6, 6.07) is 10.3. The van der Waals surface area contributed by atoms with E-state index in [9.17, 15) is 0 Å². The van der Waals surface area contributed by atoms with Crippen LogP contribution in [0.15, 0.2) is 30.3 Å². The van der Waals surface area contributed by atoms with Gasteiger partial charge in [-0.2, -0.15) is 15.8 Å². The Morgan fingerprint density at radius 1 is 0.577 bits per heavy atom. The van der Waals surface area contributed by atoms with Crippen molar-refractivity contribution in [2.45, 2.75) is 43.5 Å². The predicted octanol–water partition coefficient (Wildman–Crippen LogP) is 9.98. The van der Waals surface area contributed by atoms with E-state index in [1.807, 2.05) is 39.0 Å². The monoisotopic (exact) mass is 717 g/mol. The van der Waals surface area contributed by atoms with Crippen LogP contribution in [0, 0.1) is 47.8 Å². The zero-order valence-electron chi connectivity index (χ0n) is 15.1. The Labute approximate surface area is 237 Å². The van der Waals surface area contributed by atoms with Gasteiger partial charge in [-0.1, -0.05) is 56.7 Å². The number of halogens is 9. The van der Waals surface area contributed by atoms with Gasteiger partial charge in [-0.25, -0.2) is 0 Å². The van der Waals surface area contributed by atoms with Gasteiger partial charge in [0.2, 0.25) is 0 Å². The molecule has 0 bridgehead atoms. The van der Waals surface area contributed by atoms with Crippen molar-refractivity contribution < 1.29 is 40.8 Å². The molecule has 0 N–H and O–H groups in total. The first-order valence-electron chi connectivity index (χ1n) is 7.72. The van der Waals surface area contributed by atoms with Gasteiger partial charge in [-0.15, -0.1) is 0 Å². The van der Waals surface area contributed by atoms with Gasteiger partial charge in [0.1, 0.15) is 0 Å². The van der Waals surface area contributed by atoms with Crippen LogP contribution in [0.1, 0.15) is 26.3 Å². The zero-order valence-corrected chi connectivity index (χ0v) is 28.6. The summed E-state index contributed by atoms with van der Waals surface area (Å²) in [4.78, 5) is 0. The third-order valence-corrected chi connectivity index (χ3v) is 13.4. The van der Waals surface area contributed by atoms with Crippen LogP contribution in [0.5, 0.6) is 0 Å². The molecule has 13 heteroatoms. The number of hydrogen-bond acceptors (Lipinski definition) is 0. The van der Waals surface area contributed by atoms with Crippen LogP contribution < -0.4 is 0 Å². The van der Waals surface area contributed by atoms with E-state index in [0.29, 0.717) is 0 Å². The first-order chi connectivity index (χ1) is 11.1. The number of rotatable bonds is 3. The molecule has 0 heterocycles. The summed E-state index contributed by atoms with van der Waals surface area (Å²) in [5.74, 6) is 0. The number of hydrogen-bond donors (Lipinski definition) is 0. The molecule has 0 aliphatic heterocycles. The van der Waals surface area contributed by atoms with Gasteiger partial charge in [0, 0.05) is 0 Å². The SMILES string of the molecule is C[CH2][Al-]([Cl])([Cl])[Cl].C[CH2][Al-]([Cl])([Cl])[Cl].C[CH2][Al-]([Cl])([Cl])[Cl].Cc1ccccc1.[Nd+3]. The topological polar surface area (TPSA) is 0 Å². The molecule has 1 radical (unpaired) electrons. The second kappa shape index (κ2) is 21.6. The molecule has 0 unspecified atom stereocenters. The molecule has 1 aromatic rings. The van der Waals surface area contributed by atoms with E-state index < -0.39 is 30.9 Å². The van der Waals surface area contributed by atoms with E-state index in [2.05, 4.69) is 19.1 Å². The third-order valence-electron chi connectivity index (χ3n) is 2.33. The van der Waals surface area contributed by atoms with Crippen molar-refractivity contribution in [1.82, 2.24) is 0 Å². The molecule has 0 saturated carbocycles. The second-order valence-corrected chi connectivity index (χ2v) is 37.9. The molecule has 0 aliphatic carbocycles. The van der Waals surface area contributed by atoms with Crippen LogP contribution in [0.2, 0.25) is 15.8 Å². The molecule has 0 saturated heterocycles. The maximum absolute atomic E-state index is 5.42. The van der Waals surface area contributed by atoms with Crippen LogP contribution in [-0.2, 0) is 0 Å². The Morgan fingerprint density at radius 3 is 0.846 bits per heavy atom. The Morgan fingerprint density at radius 2 is 0.769 bits per heavy atom. The fourth-order valence-corrected chi connectivity index (χ4v) is 0.534. The Hall–Kier alpha value is 4.78. The molecule has 0 aromatic heterocycles. The summed E-state index contributed by atoms with van der Waals surface area (Å²) in [5, 5.41) is 2.20. The molecule has 26 heavy (non-hydrogen) atoms. The van der Waals surface area contributed by atoms with Gasteiger partial charge in [0.25, 0.3) is 0 Å². The van der Waals surface area contributed by atoms with E-state index in [1.54, 1.807) is 0 Å². The van der Waals surface area contributed by atoms with Crippen LogP contribution in [0.25, 0.3) is 0 Å². The number of aryl methyl sites for hydroxylation is 1. The normalized spacial score (nSPS) is 10.7. The van der Waals surface area contributed by atoms with Crippen molar-refractivity contribution in [3.05, 3.63) is 35.9 Å². The second-order valence-electron chi connectivity index (χ2n) is 5.01. The van der Waals surface area contributed by atoms with Crippen molar-refractivity contribution in [2.75, 3.05) is 0 Å². The fourth-order valence-electron chi connectivity index (χ4n) is 0.534. The van der Waals surface area contributed by atoms with Crippen LogP contribution in [0.3, 0.4) is 0 Å². The molecule has 1 rings (SSSR count). The van der Waals surface area contributed by atoms with E-state index in [0.717, 1.165) is 15.8 Å². The van der Waals surface area contributed by atoms with Crippen LogP contribution >= 0.6 is 90.4 Å². The molecule has 0 atom stereocenters. The minimum absolute atomic E-state index is 0. The zero-order chi connectivity index (χ0) is 20.7. The van der Waals surface area contributed by atoms with Crippen molar-refractivity contribution in [2.24, 2.45) is 0 Å². The smallest absolute Gasteiger partial charge is 0.407 e. The van der Waals surface area contributed by atoms with Gasteiger partial charge in [-0.05, 0) is 6.92 Å². The maximum atomic E-state index is 5.42. The Kier molecular flexibility index (Phi) is 31.6. The minimum atomic E-state index is -2.45. The predicted molar refractivity (Wildman–Crippen MR) is 133 cm³/mol. The molecular weight excluding hydrogens is 700 g/mol. The molecule has 0 amide bonds.